The molecule has 20 heavy (non-hydrogen) atoms. The summed E-state index contributed by atoms with van der Waals surface area (Å²) in [5.74, 6) is -4.21. The topological polar surface area (TPSA) is 43.8 Å². The van der Waals surface area contributed by atoms with E-state index in [1.807, 2.05) is 18.0 Å². The van der Waals surface area contributed by atoms with Gasteiger partial charge in [0.1, 0.15) is 0 Å². The highest BCUT2D eigenvalue weighted by molar-refractivity contribution is 5.76. The SMILES string of the molecule is CN1CCN(CC(C(=O)O)C(F)(F)F)c2ccccc21. The van der Waals surface area contributed by atoms with Crippen molar-refractivity contribution in [1.82, 2.24) is 0 Å². The molecule has 1 N–H and O–H groups in total. The molecule has 1 aliphatic heterocycles. The lowest BCUT2D eigenvalue weighted by molar-refractivity contribution is -0.191. The molecule has 1 aromatic rings. The van der Waals surface area contributed by atoms with Gasteiger partial charge in [-0.3, -0.25) is 4.79 Å². The van der Waals surface area contributed by atoms with Gasteiger partial charge in [-0.05, 0) is 12.1 Å². The summed E-state index contributed by atoms with van der Waals surface area (Å²) in [4.78, 5) is 14.3. The number of hydrogen-bond donors (Lipinski definition) is 1. The van der Waals surface area contributed by atoms with Crippen molar-refractivity contribution < 1.29 is 23.1 Å². The Kier molecular flexibility index (Phi) is 3.78. The standard InChI is InChI=1S/C13H15F3N2O2/c1-17-6-7-18(11-5-3-2-4-10(11)17)8-9(12(19)20)13(14,15)16/h2-5,9H,6-8H2,1H3,(H,19,20). The van der Waals surface area contributed by atoms with Crippen LogP contribution in [0, 0.1) is 5.92 Å². The molecule has 1 aromatic carbocycles. The summed E-state index contributed by atoms with van der Waals surface area (Å²) in [5.41, 5.74) is 1.45. The molecule has 1 atom stereocenters. The van der Waals surface area contributed by atoms with Gasteiger partial charge >= 0.3 is 12.1 Å². The summed E-state index contributed by atoms with van der Waals surface area (Å²) >= 11 is 0. The van der Waals surface area contributed by atoms with E-state index in [-0.39, 0.29) is 0 Å². The molecule has 0 saturated carbocycles. The van der Waals surface area contributed by atoms with Crippen LogP contribution in [0.25, 0.3) is 0 Å². The first-order valence-electron chi connectivity index (χ1n) is 6.15. The number of fused-ring (bicyclic) bond motifs is 1. The summed E-state index contributed by atoms with van der Waals surface area (Å²) in [6.45, 7) is 0.359. The van der Waals surface area contributed by atoms with E-state index in [0.29, 0.717) is 18.8 Å². The van der Waals surface area contributed by atoms with Crippen molar-refractivity contribution in [2.75, 3.05) is 36.5 Å². The van der Waals surface area contributed by atoms with E-state index in [1.165, 1.54) is 4.90 Å². The van der Waals surface area contributed by atoms with Crippen LogP contribution in [0.3, 0.4) is 0 Å². The van der Waals surface area contributed by atoms with Gasteiger partial charge in [0.2, 0.25) is 0 Å². The number of carbonyl (C=O) groups is 1. The normalized spacial score (nSPS) is 16.8. The highest BCUT2D eigenvalue weighted by Crippen LogP contribution is 2.34. The molecule has 0 bridgehead atoms. The Balaban J connectivity index is 2.26. The molecule has 1 aliphatic rings. The fourth-order valence-corrected chi connectivity index (χ4v) is 2.30. The van der Waals surface area contributed by atoms with Crippen molar-refractivity contribution in [3.8, 4) is 0 Å². The van der Waals surface area contributed by atoms with Gasteiger partial charge in [-0.25, -0.2) is 0 Å². The average molecular weight is 288 g/mol. The van der Waals surface area contributed by atoms with Gasteiger partial charge in [0.05, 0.1) is 11.4 Å². The molecule has 0 fully saturated rings. The lowest BCUT2D eigenvalue weighted by atomic mass is 10.1. The summed E-state index contributed by atoms with van der Waals surface area (Å²) < 4.78 is 38.3. The predicted octanol–water partition coefficient (Wildman–Crippen LogP) is 2.21. The van der Waals surface area contributed by atoms with Gasteiger partial charge in [0, 0.05) is 26.7 Å². The van der Waals surface area contributed by atoms with Crippen molar-refractivity contribution >= 4 is 17.3 Å². The number of carboxylic acid groups (broad SMARTS) is 1. The zero-order valence-corrected chi connectivity index (χ0v) is 10.9. The Hall–Kier alpha value is -1.92. The fraction of sp³-hybridized carbons (Fsp3) is 0.462. The molecule has 0 spiro atoms. The van der Waals surface area contributed by atoms with Crippen LogP contribution in [0.2, 0.25) is 0 Å². The Morgan fingerprint density at radius 2 is 1.90 bits per heavy atom. The molecule has 0 saturated heterocycles. The Morgan fingerprint density at radius 3 is 2.45 bits per heavy atom. The average Bonchev–Trinajstić information content (AvgIpc) is 2.36. The van der Waals surface area contributed by atoms with Crippen LogP contribution >= 0.6 is 0 Å². The second-order valence-electron chi connectivity index (χ2n) is 4.79. The van der Waals surface area contributed by atoms with Crippen molar-refractivity contribution in [3.05, 3.63) is 24.3 Å². The molecule has 2 rings (SSSR count). The molecule has 7 heteroatoms. The Morgan fingerprint density at radius 1 is 1.30 bits per heavy atom. The van der Waals surface area contributed by atoms with Crippen molar-refractivity contribution in [2.45, 2.75) is 6.18 Å². The van der Waals surface area contributed by atoms with Gasteiger partial charge < -0.3 is 14.9 Å². The van der Waals surface area contributed by atoms with Crippen LogP contribution in [0.1, 0.15) is 0 Å². The molecule has 1 heterocycles. The van der Waals surface area contributed by atoms with Crippen molar-refractivity contribution in [1.29, 1.82) is 0 Å². The van der Waals surface area contributed by atoms with Crippen LogP contribution in [0.15, 0.2) is 24.3 Å². The van der Waals surface area contributed by atoms with E-state index in [2.05, 4.69) is 0 Å². The first-order chi connectivity index (χ1) is 9.30. The maximum Gasteiger partial charge on any atom is 0.403 e. The first kappa shape index (κ1) is 14.5. The zero-order chi connectivity index (χ0) is 14.9. The van der Waals surface area contributed by atoms with Crippen LogP contribution in [0.5, 0.6) is 0 Å². The van der Waals surface area contributed by atoms with Crippen molar-refractivity contribution in [2.24, 2.45) is 5.92 Å². The zero-order valence-electron chi connectivity index (χ0n) is 10.9. The van der Waals surface area contributed by atoms with E-state index >= 15 is 0 Å². The number of nitrogens with zero attached hydrogens (tertiary/aromatic N) is 2. The quantitative estimate of drug-likeness (QED) is 0.926. The van der Waals surface area contributed by atoms with Crippen LogP contribution < -0.4 is 9.80 Å². The van der Waals surface area contributed by atoms with E-state index in [0.717, 1.165) is 5.69 Å². The Bertz CT molecular complexity index is 505. The van der Waals surface area contributed by atoms with Crippen LogP contribution in [0.4, 0.5) is 24.5 Å². The third-order valence-corrected chi connectivity index (χ3v) is 3.44. The number of anilines is 2. The van der Waals surface area contributed by atoms with Crippen molar-refractivity contribution in [3.63, 3.8) is 0 Å². The molecule has 0 aromatic heterocycles. The van der Waals surface area contributed by atoms with Gasteiger partial charge in [-0.15, -0.1) is 0 Å². The Labute approximate surface area is 114 Å². The third-order valence-electron chi connectivity index (χ3n) is 3.44. The lowest BCUT2D eigenvalue weighted by Crippen LogP contribution is -2.46. The number of hydrogen-bond acceptors (Lipinski definition) is 3. The molecule has 4 nitrogen and oxygen atoms in total. The molecule has 1 unspecified atom stereocenters. The van der Waals surface area contributed by atoms with E-state index in [1.54, 1.807) is 18.2 Å². The number of benzene rings is 1. The summed E-state index contributed by atoms with van der Waals surface area (Å²) in [7, 11) is 1.86. The summed E-state index contributed by atoms with van der Waals surface area (Å²) in [6.07, 6.45) is -4.75. The number of alkyl halides is 3. The largest absolute Gasteiger partial charge is 0.481 e. The summed E-state index contributed by atoms with van der Waals surface area (Å²) in [6, 6.07) is 7.05. The van der Waals surface area contributed by atoms with Gasteiger partial charge in [0.25, 0.3) is 0 Å². The highest BCUT2D eigenvalue weighted by Gasteiger charge is 2.46. The number of carboxylic acids is 1. The van der Waals surface area contributed by atoms with Gasteiger partial charge in [-0.1, -0.05) is 12.1 Å². The maximum absolute atomic E-state index is 12.8. The third kappa shape index (κ3) is 2.81. The number of aliphatic carboxylic acids is 1. The molecular weight excluding hydrogens is 273 g/mol. The predicted molar refractivity (Wildman–Crippen MR) is 69.1 cm³/mol. The van der Waals surface area contributed by atoms with Gasteiger partial charge in [0.15, 0.2) is 5.92 Å². The maximum atomic E-state index is 12.8. The minimum Gasteiger partial charge on any atom is -0.481 e. The highest BCUT2D eigenvalue weighted by atomic mass is 19.4. The monoisotopic (exact) mass is 288 g/mol. The molecule has 0 amide bonds. The molecule has 0 aliphatic carbocycles. The van der Waals surface area contributed by atoms with E-state index < -0.39 is 24.6 Å². The number of halogens is 3. The fourth-order valence-electron chi connectivity index (χ4n) is 2.30. The summed E-state index contributed by atoms with van der Waals surface area (Å²) in [5, 5.41) is 8.78. The van der Waals surface area contributed by atoms with Crippen LogP contribution in [-0.2, 0) is 4.79 Å². The lowest BCUT2D eigenvalue weighted by Gasteiger charge is -2.38. The van der Waals surface area contributed by atoms with Crippen LogP contribution in [-0.4, -0.2) is 43.9 Å². The number of rotatable bonds is 3. The van der Waals surface area contributed by atoms with E-state index in [9.17, 15) is 18.0 Å². The van der Waals surface area contributed by atoms with Gasteiger partial charge in [-0.2, -0.15) is 13.2 Å². The molecule has 110 valence electrons. The number of para-hydroxylation sites is 2. The second-order valence-corrected chi connectivity index (χ2v) is 4.79. The van der Waals surface area contributed by atoms with E-state index in [4.69, 9.17) is 5.11 Å². The minimum atomic E-state index is -4.75. The minimum absolute atomic E-state index is 0.368. The smallest absolute Gasteiger partial charge is 0.403 e. The molecular formula is C13H15F3N2O2. The first-order valence-corrected chi connectivity index (χ1v) is 6.15. The second kappa shape index (κ2) is 5.22. The number of likely N-dealkylation sites (N-methyl/N-ethyl adjacent to an activating group) is 1. The molecule has 0 radical (unpaired) electrons.